The van der Waals surface area contributed by atoms with Gasteiger partial charge in [0.1, 0.15) is 23.0 Å². The van der Waals surface area contributed by atoms with Crippen LogP contribution in [-0.4, -0.2) is 62.5 Å². The van der Waals surface area contributed by atoms with Crippen molar-refractivity contribution in [2.75, 3.05) is 9.80 Å². The van der Waals surface area contributed by atoms with E-state index in [0.717, 1.165) is 58.7 Å². The summed E-state index contributed by atoms with van der Waals surface area (Å²) in [7, 11) is -14.8. The van der Waals surface area contributed by atoms with Crippen molar-refractivity contribution in [1.29, 1.82) is 0 Å². The largest absolute Gasteiger partial charge is 0.455 e. The lowest BCUT2D eigenvalue weighted by atomic mass is 9.80. The van der Waals surface area contributed by atoms with E-state index >= 15 is 19.2 Å². The molecule has 0 unspecified atom stereocenters. The molecule has 0 bridgehead atoms. The van der Waals surface area contributed by atoms with Crippen molar-refractivity contribution in [2.45, 2.75) is 93.7 Å². The third-order valence-corrected chi connectivity index (χ3v) is 22.4. The molecular weight excluding hydrogens is 1370 g/mol. The van der Waals surface area contributed by atoms with Gasteiger partial charge in [-0.2, -0.15) is 25.3 Å². The lowest BCUT2D eigenvalue weighted by molar-refractivity contribution is 0.0877. The van der Waals surface area contributed by atoms with E-state index in [1.165, 1.54) is 40.1 Å². The van der Waals surface area contributed by atoms with Crippen LogP contribution in [0.5, 0.6) is 23.0 Å². The highest BCUT2D eigenvalue weighted by Crippen LogP contribution is 2.57. The summed E-state index contributed by atoms with van der Waals surface area (Å²) in [5.74, 6) is -3.28. The average Bonchev–Trinajstić information content (AvgIpc) is 0.677. The summed E-state index contributed by atoms with van der Waals surface area (Å²) in [6, 6.07) is 57.7. The third-order valence-electron chi connectivity index (χ3n) is 19.8. The van der Waals surface area contributed by atoms with E-state index in [0.29, 0.717) is 60.9 Å². The van der Waals surface area contributed by atoms with Crippen molar-refractivity contribution in [1.82, 2.24) is 0 Å². The van der Waals surface area contributed by atoms with Gasteiger partial charge < -0.3 is 9.47 Å². The van der Waals surface area contributed by atoms with Gasteiger partial charge in [0.2, 0.25) is 0 Å². The topological polar surface area (TPSA) is 256 Å². The Hall–Kier alpha value is -11.2. The predicted octanol–water partition coefficient (Wildman–Crippen LogP) is 19.8. The van der Waals surface area contributed by atoms with E-state index < -0.39 is 68.7 Å². The molecule has 104 heavy (non-hydrogen) atoms. The molecular formula is C84H66N2O15S3. The molecule has 0 aliphatic carbocycles. The van der Waals surface area contributed by atoms with Gasteiger partial charge in [0.25, 0.3) is 54.0 Å². The number of rotatable bonds is 17. The Morgan fingerprint density at radius 3 is 0.923 bits per heavy atom. The molecule has 0 fully saturated rings. The van der Waals surface area contributed by atoms with E-state index in [-0.39, 0.29) is 107 Å². The molecule has 0 aromatic heterocycles. The van der Waals surface area contributed by atoms with Crippen LogP contribution in [0, 0.1) is 0 Å². The lowest BCUT2D eigenvalue weighted by Crippen LogP contribution is -2.42. The van der Waals surface area contributed by atoms with Crippen molar-refractivity contribution in [2.24, 2.45) is 0 Å². The molecule has 2 aliphatic rings. The second-order valence-corrected chi connectivity index (χ2v) is 31.7. The zero-order chi connectivity index (χ0) is 73.5. The van der Waals surface area contributed by atoms with Gasteiger partial charge in [0.15, 0.2) is 0 Å². The highest BCUT2D eigenvalue weighted by atomic mass is 32.2. The Bertz CT molecular complexity index is 6010. The number of anilines is 2. The quantitative estimate of drug-likeness (QED) is 0.0331. The number of carbonyl (C=O) groups is 4. The molecule has 4 amide bonds. The first-order valence-corrected chi connectivity index (χ1v) is 38.1. The number of hydrogen-bond donors (Lipinski definition) is 3. The van der Waals surface area contributed by atoms with Gasteiger partial charge in [0.05, 0.1) is 37.2 Å². The van der Waals surface area contributed by atoms with Gasteiger partial charge >= 0.3 is 0 Å². The minimum Gasteiger partial charge on any atom is -0.455 e. The molecule has 13 aromatic rings. The van der Waals surface area contributed by atoms with Crippen LogP contribution in [-0.2, 0) is 30.4 Å². The molecule has 13 aromatic carbocycles. The maximum absolute atomic E-state index is 16.5. The van der Waals surface area contributed by atoms with Crippen LogP contribution in [0.1, 0.15) is 143 Å². The first kappa shape index (κ1) is 68.5. The highest BCUT2D eigenvalue weighted by molar-refractivity contribution is 7.86. The highest BCUT2D eigenvalue weighted by Gasteiger charge is 2.43. The second kappa shape index (κ2) is 25.3. The fraction of sp³-hybridized carbons (Fsp3) is 0.143. The Morgan fingerprint density at radius 1 is 0.288 bits per heavy atom. The monoisotopic (exact) mass is 1440 g/mol. The zero-order valence-corrected chi connectivity index (χ0v) is 59.8. The minimum absolute atomic E-state index is 0.0424. The molecule has 20 heteroatoms. The molecule has 0 radical (unpaired) electrons. The van der Waals surface area contributed by atoms with E-state index in [1.54, 1.807) is 30.3 Å². The van der Waals surface area contributed by atoms with E-state index in [1.807, 2.05) is 171 Å². The number of carbonyl (C=O) groups excluding carboxylic acids is 4. The average molecular weight is 1440 g/mol. The van der Waals surface area contributed by atoms with Gasteiger partial charge in [-0.3, -0.25) is 32.8 Å². The molecule has 3 N–H and O–H groups in total. The van der Waals surface area contributed by atoms with Crippen molar-refractivity contribution in [3.05, 3.63) is 257 Å². The van der Waals surface area contributed by atoms with E-state index in [4.69, 9.17) is 9.47 Å². The molecule has 0 atom stereocenters. The zero-order valence-electron chi connectivity index (χ0n) is 57.4. The number of para-hydroxylation sites is 3. The van der Waals surface area contributed by atoms with Crippen LogP contribution in [0.2, 0.25) is 0 Å². The normalized spacial score (nSPS) is 13.6. The summed E-state index contributed by atoms with van der Waals surface area (Å²) in [6.45, 7) is 15.8. The maximum atomic E-state index is 16.5. The van der Waals surface area contributed by atoms with Gasteiger partial charge in [-0.25, -0.2) is 9.80 Å². The van der Waals surface area contributed by atoms with Gasteiger partial charge in [0, 0.05) is 65.7 Å². The van der Waals surface area contributed by atoms with Crippen LogP contribution in [0.4, 0.5) is 11.4 Å². The number of ether oxygens (including phenoxy) is 2. The van der Waals surface area contributed by atoms with Gasteiger partial charge in [-0.05, 0) is 140 Å². The number of fused-ring (bicyclic) bond motifs is 2. The number of amides is 4. The number of benzene rings is 13. The summed E-state index contributed by atoms with van der Waals surface area (Å²) in [4.78, 5) is 65.9. The van der Waals surface area contributed by atoms with Crippen molar-refractivity contribution < 1.29 is 67.6 Å². The smallest absolute Gasteiger partial charge is 0.294 e. The molecule has 520 valence electrons. The molecule has 2 aliphatic heterocycles. The summed E-state index contributed by atoms with van der Waals surface area (Å²) >= 11 is 0. The van der Waals surface area contributed by atoms with Gasteiger partial charge in [-0.1, -0.05) is 207 Å². The van der Waals surface area contributed by atoms with E-state index in [9.17, 15) is 38.9 Å². The molecule has 17 nitrogen and oxygen atoms in total. The molecule has 15 rings (SSSR count). The number of nitrogens with zero attached hydrogens (tertiary/aromatic N) is 2. The van der Waals surface area contributed by atoms with Crippen molar-refractivity contribution >= 4 is 108 Å². The Morgan fingerprint density at radius 2 is 0.596 bits per heavy atom. The Kier molecular flexibility index (Phi) is 16.7. The SMILES string of the molecule is CC(C)c1cccc(C(C)C)c1N1C(=O)c2ccc3c4c(Oc5c(-c6ccc(S(=O)(=O)O)cc6)cc(S(=O)(=O)O)cc5-c5ccc(S(=O)(=O)O)cc5)cc5c6c(ccc(c7c(Oc8c(-c9ccccc9)cccc8-c8ccccc8)cc(c2c37)C1=O)c64)C(=O)N(c1c(C(C)C)cccc1C(C)C)C5=O. The predicted molar refractivity (Wildman–Crippen MR) is 403 cm³/mol. The van der Waals surface area contributed by atoms with Crippen molar-refractivity contribution in [3.8, 4) is 67.5 Å². The number of imide groups is 2. The lowest BCUT2D eigenvalue weighted by Gasteiger charge is -2.34. The third kappa shape index (κ3) is 11.3. The minimum atomic E-state index is -5.18. The van der Waals surface area contributed by atoms with Crippen LogP contribution >= 0.6 is 0 Å². The van der Waals surface area contributed by atoms with Crippen molar-refractivity contribution in [3.63, 3.8) is 0 Å². The fourth-order valence-corrected chi connectivity index (χ4v) is 16.5. The first-order valence-electron chi connectivity index (χ1n) is 33.7. The summed E-state index contributed by atoms with van der Waals surface area (Å²) in [6.07, 6.45) is 0. The molecule has 2 heterocycles. The fourth-order valence-electron chi connectivity index (χ4n) is 15.0. The van der Waals surface area contributed by atoms with Crippen LogP contribution in [0.15, 0.2) is 227 Å². The van der Waals surface area contributed by atoms with Gasteiger partial charge in [-0.15, -0.1) is 0 Å². The molecule has 0 saturated carbocycles. The first-order chi connectivity index (χ1) is 49.5. The second-order valence-electron chi connectivity index (χ2n) is 27.4. The standard InChI is InChI=1S/C84H66N2O15S3/c1-44(2)55-22-15-23-56(45(3)4)77(55)85-81(87)63-39-37-62-74-70(101-80-65(50-28-32-52(33-29-50)102(91,92)93)40-54(104(97,98)99)41-66(80)51-30-34-53(35-31-51)103(94,95)96)43-68-72-64(82(88)86(84(68)90)78-57(46(5)6)24-16-25-58(78)47(7)8)38-36-61(76(72)74)73-69(42-67(83(85)89)71(63)75(62)73)100-79-59(48-18-11-9-12-19-48)26-17-27-60(79)49-20-13-10-14-21-49/h9-47H,1-8H3,(H,91,92,93)(H,94,95,96)(H,97,98,99). The molecule has 0 spiro atoms. The van der Waals surface area contributed by atoms with Crippen LogP contribution in [0.3, 0.4) is 0 Å². The summed E-state index contributed by atoms with van der Waals surface area (Å²) < 4.78 is 124. The Balaban J connectivity index is 1.12. The summed E-state index contributed by atoms with van der Waals surface area (Å²) in [5, 5.41) is 2.23. The van der Waals surface area contributed by atoms with Crippen LogP contribution < -0.4 is 19.3 Å². The van der Waals surface area contributed by atoms with E-state index in [2.05, 4.69) is 0 Å². The Labute approximate surface area is 600 Å². The number of hydrogen-bond acceptors (Lipinski definition) is 12. The van der Waals surface area contributed by atoms with Crippen LogP contribution in [0.25, 0.3) is 87.6 Å². The maximum Gasteiger partial charge on any atom is 0.294 e. The summed E-state index contributed by atoms with van der Waals surface area (Å²) in [5.41, 5.74) is 6.76. The molecule has 0 saturated heterocycles.